The van der Waals surface area contributed by atoms with E-state index in [1.807, 2.05) is 20.8 Å². The summed E-state index contributed by atoms with van der Waals surface area (Å²) >= 11 is 0. The molecule has 0 saturated carbocycles. The van der Waals surface area contributed by atoms with Crippen molar-refractivity contribution in [3.8, 4) is 0 Å². The Morgan fingerprint density at radius 1 is 1.45 bits per heavy atom. The molecule has 0 fully saturated rings. The Balaban J connectivity index is 4.23. The van der Waals surface area contributed by atoms with E-state index in [0.717, 1.165) is 0 Å². The fourth-order valence-electron chi connectivity index (χ4n) is 0.381. The van der Waals surface area contributed by atoms with Gasteiger partial charge < -0.3 is 5.73 Å². The highest BCUT2D eigenvalue weighted by Crippen LogP contribution is 2.05. The van der Waals surface area contributed by atoms with E-state index in [-0.39, 0.29) is 5.54 Å². The van der Waals surface area contributed by atoms with E-state index in [1.54, 1.807) is 0 Å². The lowest BCUT2D eigenvalue weighted by Crippen LogP contribution is -2.10. The maximum atomic E-state index is 10.2. The Morgan fingerprint density at radius 2 is 2.00 bits per heavy atom. The monoisotopic (exact) mass is 154 g/mol. The van der Waals surface area contributed by atoms with Crippen LogP contribution in [0.15, 0.2) is 16.8 Å². The zero-order chi connectivity index (χ0) is 8.91. The minimum Gasteiger partial charge on any atom is -0.404 e. The van der Waals surface area contributed by atoms with Crippen LogP contribution in [-0.2, 0) is 4.79 Å². The van der Waals surface area contributed by atoms with E-state index in [9.17, 15) is 4.79 Å². The normalized spacial score (nSPS) is 13.9. The standard InChI is InChI=1S/C8H14N2O/c1-8(2,3)10-5-7(4-9)6-11/h4-6H,9H2,1-3H3/b7-4+,10-5?. The third-order valence-electron chi connectivity index (χ3n) is 0.929. The third-order valence-corrected chi connectivity index (χ3v) is 0.929. The fraction of sp³-hybridized carbons (Fsp3) is 0.500. The van der Waals surface area contributed by atoms with E-state index in [2.05, 4.69) is 4.99 Å². The Bertz CT molecular complexity index is 187. The number of carbonyl (C=O) groups excluding carboxylic acids is 1. The van der Waals surface area contributed by atoms with Gasteiger partial charge in [0.05, 0.1) is 5.54 Å². The van der Waals surface area contributed by atoms with Crippen LogP contribution in [0.5, 0.6) is 0 Å². The van der Waals surface area contributed by atoms with Crippen LogP contribution in [0.1, 0.15) is 20.8 Å². The second-order valence-corrected chi connectivity index (χ2v) is 3.21. The summed E-state index contributed by atoms with van der Waals surface area (Å²) in [6.45, 7) is 5.84. The minimum atomic E-state index is -0.155. The van der Waals surface area contributed by atoms with Crippen LogP contribution < -0.4 is 5.73 Å². The van der Waals surface area contributed by atoms with Crippen molar-refractivity contribution in [2.24, 2.45) is 10.7 Å². The average molecular weight is 154 g/mol. The van der Waals surface area contributed by atoms with Crippen LogP contribution in [0.3, 0.4) is 0 Å². The number of hydrogen-bond acceptors (Lipinski definition) is 3. The maximum absolute atomic E-state index is 10.2. The molecule has 0 atom stereocenters. The van der Waals surface area contributed by atoms with Crippen molar-refractivity contribution in [3.05, 3.63) is 11.8 Å². The predicted molar refractivity (Wildman–Crippen MR) is 46.6 cm³/mol. The highest BCUT2D eigenvalue weighted by molar-refractivity contribution is 6.01. The minimum absolute atomic E-state index is 0.155. The summed E-state index contributed by atoms with van der Waals surface area (Å²) in [6.07, 6.45) is 3.39. The van der Waals surface area contributed by atoms with Crippen LogP contribution in [0.2, 0.25) is 0 Å². The van der Waals surface area contributed by atoms with E-state index >= 15 is 0 Å². The molecule has 0 aliphatic carbocycles. The van der Waals surface area contributed by atoms with Gasteiger partial charge in [0.15, 0.2) is 6.29 Å². The highest BCUT2D eigenvalue weighted by atomic mass is 16.1. The quantitative estimate of drug-likeness (QED) is 0.365. The summed E-state index contributed by atoms with van der Waals surface area (Å²) in [4.78, 5) is 14.3. The van der Waals surface area contributed by atoms with Crippen molar-refractivity contribution >= 4 is 12.5 Å². The molecular weight excluding hydrogens is 140 g/mol. The smallest absolute Gasteiger partial charge is 0.153 e. The van der Waals surface area contributed by atoms with E-state index < -0.39 is 0 Å². The van der Waals surface area contributed by atoms with Crippen molar-refractivity contribution in [3.63, 3.8) is 0 Å². The molecule has 11 heavy (non-hydrogen) atoms. The van der Waals surface area contributed by atoms with Crippen molar-refractivity contribution in [1.29, 1.82) is 0 Å². The van der Waals surface area contributed by atoms with E-state index in [4.69, 9.17) is 5.73 Å². The molecule has 0 aromatic rings. The third kappa shape index (κ3) is 5.33. The summed E-state index contributed by atoms with van der Waals surface area (Å²) in [5.41, 5.74) is 5.38. The Morgan fingerprint density at radius 3 is 2.27 bits per heavy atom. The zero-order valence-corrected chi connectivity index (χ0v) is 7.16. The fourth-order valence-corrected chi connectivity index (χ4v) is 0.381. The molecule has 0 radical (unpaired) electrons. The van der Waals surface area contributed by atoms with Crippen molar-refractivity contribution < 1.29 is 4.79 Å². The Kier molecular flexibility index (Phi) is 3.51. The van der Waals surface area contributed by atoms with Crippen molar-refractivity contribution in [2.45, 2.75) is 26.3 Å². The number of carbonyl (C=O) groups is 1. The largest absolute Gasteiger partial charge is 0.404 e. The first kappa shape index (κ1) is 9.88. The van der Waals surface area contributed by atoms with E-state index in [0.29, 0.717) is 11.9 Å². The molecule has 0 saturated heterocycles. The lowest BCUT2D eigenvalue weighted by Gasteiger charge is -2.10. The van der Waals surface area contributed by atoms with Crippen LogP contribution in [-0.4, -0.2) is 18.0 Å². The van der Waals surface area contributed by atoms with Gasteiger partial charge >= 0.3 is 0 Å². The van der Waals surface area contributed by atoms with Gasteiger partial charge in [0.25, 0.3) is 0 Å². The number of rotatable bonds is 2. The van der Waals surface area contributed by atoms with E-state index in [1.165, 1.54) is 12.4 Å². The molecular formula is C8H14N2O. The Labute approximate surface area is 67.0 Å². The summed E-state index contributed by atoms with van der Waals surface area (Å²) < 4.78 is 0. The molecule has 62 valence electrons. The molecule has 2 N–H and O–H groups in total. The van der Waals surface area contributed by atoms with Crippen LogP contribution in [0.25, 0.3) is 0 Å². The molecule has 0 unspecified atom stereocenters. The molecule has 0 aliphatic heterocycles. The average Bonchev–Trinajstić information content (AvgIpc) is 1.88. The SMILES string of the molecule is CC(C)(C)N=C/C(C=O)=C\N. The number of nitrogens with two attached hydrogens (primary N) is 1. The molecule has 0 amide bonds. The molecule has 0 rings (SSSR count). The molecule has 0 aromatic carbocycles. The van der Waals surface area contributed by atoms with Gasteiger partial charge in [0.1, 0.15) is 0 Å². The van der Waals surface area contributed by atoms with Gasteiger partial charge in [-0.25, -0.2) is 0 Å². The maximum Gasteiger partial charge on any atom is 0.153 e. The van der Waals surface area contributed by atoms with Crippen molar-refractivity contribution in [2.75, 3.05) is 0 Å². The highest BCUT2D eigenvalue weighted by Gasteiger charge is 2.04. The number of aldehydes is 1. The molecule has 0 aromatic heterocycles. The molecule has 0 spiro atoms. The second-order valence-electron chi connectivity index (χ2n) is 3.21. The molecule has 0 bridgehead atoms. The lowest BCUT2D eigenvalue weighted by atomic mass is 10.1. The van der Waals surface area contributed by atoms with Crippen LogP contribution in [0.4, 0.5) is 0 Å². The lowest BCUT2D eigenvalue weighted by molar-refractivity contribution is -0.104. The molecule has 3 heteroatoms. The van der Waals surface area contributed by atoms with Gasteiger partial charge in [-0.2, -0.15) is 0 Å². The number of allylic oxidation sites excluding steroid dienone is 1. The summed E-state index contributed by atoms with van der Waals surface area (Å²) in [7, 11) is 0. The number of hydrogen-bond donors (Lipinski definition) is 1. The van der Waals surface area contributed by atoms with Gasteiger partial charge in [-0.3, -0.25) is 9.79 Å². The van der Waals surface area contributed by atoms with Crippen LogP contribution >= 0.6 is 0 Å². The van der Waals surface area contributed by atoms with Crippen molar-refractivity contribution in [1.82, 2.24) is 0 Å². The van der Waals surface area contributed by atoms with Gasteiger partial charge in [-0.15, -0.1) is 0 Å². The summed E-state index contributed by atoms with van der Waals surface area (Å²) in [6, 6.07) is 0. The van der Waals surface area contributed by atoms with Gasteiger partial charge in [-0.05, 0) is 20.8 Å². The summed E-state index contributed by atoms with van der Waals surface area (Å²) in [5.74, 6) is 0. The first-order chi connectivity index (χ1) is 4.99. The first-order valence-corrected chi connectivity index (χ1v) is 3.42. The molecule has 3 nitrogen and oxygen atoms in total. The predicted octanol–water partition coefficient (Wildman–Crippen LogP) is 0.897. The first-order valence-electron chi connectivity index (χ1n) is 3.42. The van der Waals surface area contributed by atoms with Gasteiger partial charge in [-0.1, -0.05) is 0 Å². The molecule has 0 heterocycles. The summed E-state index contributed by atoms with van der Waals surface area (Å²) in [5, 5.41) is 0. The number of nitrogens with zero attached hydrogens (tertiary/aromatic N) is 1. The number of aliphatic imine (C=N–C) groups is 1. The van der Waals surface area contributed by atoms with Gasteiger partial charge in [0.2, 0.25) is 0 Å². The van der Waals surface area contributed by atoms with Crippen LogP contribution in [0, 0.1) is 0 Å². The Hall–Kier alpha value is -1.12. The zero-order valence-electron chi connectivity index (χ0n) is 7.16. The van der Waals surface area contributed by atoms with Gasteiger partial charge in [0, 0.05) is 18.0 Å². The second kappa shape index (κ2) is 3.91. The topological polar surface area (TPSA) is 55.5 Å². The molecule has 0 aliphatic rings.